The lowest BCUT2D eigenvalue weighted by Gasteiger charge is -2.51. The Hall–Kier alpha value is -1.26. The SMILES string of the molecule is O=C(NC1CC1)NC12CCC(C(=O)O)(CC1)CC2. The van der Waals surface area contributed by atoms with E-state index in [-0.39, 0.29) is 11.6 Å². The lowest BCUT2D eigenvalue weighted by Crippen LogP contribution is -2.60. The molecule has 4 aliphatic carbocycles. The maximum atomic E-state index is 11.8. The van der Waals surface area contributed by atoms with Crippen molar-refractivity contribution < 1.29 is 14.7 Å². The highest BCUT2D eigenvalue weighted by atomic mass is 16.4. The van der Waals surface area contributed by atoms with Crippen molar-refractivity contribution in [2.75, 3.05) is 0 Å². The Morgan fingerprint density at radius 2 is 1.56 bits per heavy atom. The zero-order valence-electron chi connectivity index (χ0n) is 10.5. The average molecular weight is 252 g/mol. The van der Waals surface area contributed by atoms with E-state index in [0.29, 0.717) is 25.3 Å². The van der Waals surface area contributed by atoms with Crippen LogP contribution in [0.4, 0.5) is 4.79 Å². The van der Waals surface area contributed by atoms with Gasteiger partial charge in [-0.2, -0.15) is 0 Å². The molecular formula is C13H20N2O3. The van der Waals surface area contributed by atoms with Crippen LogP contribution in [-0.2, 0) is 4.79 Å². The molecule has 0 unspecified atom stereocenters. The molecular weight excluding hydrogens is 232 g/mol. The summed E-state index contributed by atoms with van der Waals surface area (Å²) in [5.41, 5.74) is -0.646. The number of hydrogen-bond donors (Lipinski definition) is 3. The minimum Gasteiger partial charge on any atom is -0.481 e. The van der Waals surface area contributed by atoms with Gasteiger partial charge in [0, 0.05) is 11.6 Å². The molecule has 0 radical (unpaired) electrons. The number of rotatable bonds is 3. The Kier molecular flexibility index (Phi) is 2.54. The lowest BCUT2D eigenvalue weighted by atomic mass is 9.57. The van der Waals surface area contributed by atoms with Crippen molar-refractivity contribution in [2.45, 2.75) is 62.9 Å². The van der Waals surface area contributed by atoms with E-state index in [9.17, 15) is 14.7 Å². The van der Waals surface area contributed by atoms with Crippen LogP contribution < -0.4 is 10.6 Å². The summed E-state index contributed by atoms with van der Waals surface area (Å²) in [7, 11) is 0. The molecule has 4 rings (SSSR count). The standard InChI is InChI=1S/C13H20N2O3/c16-10(17)12-3-6-13(7-4-12,8-5-12)15-11(18)14-9-1-2-9/h9H,1-8H2,(H,16,17)(H2,14,15,18). The second-order valence-electron chi connectivity index (χ2n) is 6.24. The number of carboxylic acid groups (broad SMARTS) is 1. The molecule has 0 heterocycles. The van der Waals surface area contributed by atoms with Crippen LogP contribution in [0.15, 0.2) is 0 Å². The number of carboxylic acids is 1. The molecule has 0 aliphatic heterocycles. The Morgan fingerprint density at radius 1 is 1.00 bits per heavy atom. The van der Waals surface area contributed by atoms with Crippen molar-refractivity contribution >= 4 is 12.0 Å². The first-order chi connectivity index (χ1) is 8.54. The maximum Gasteiger partial charge on any atom is 0.315 e. The van der Waals surface area contributed by atoms with Crippen LogP contribution in [0.1, 0.15) is 51.4 Å². The highest BCUT2D eigenvalue weighted by Crippen LogP contribution is 2.52. The van der Waals surface area contributed by atoms with Gasteiger partial charge in [0.05, 0.1) is 5.41 Å². The normalized spacial score (nSPS) is 38.2. The Morgan fingerprint density at radius 3 is 2.00 bits per heavy atom. The number of nitrogens with one attached hydrogen (secondary N) is 2. The van der Waals surface area contributed by atoms with E-state index in [1.54, 1.807) is 0 Å². The second kappa shape index (κ2) is 3.87. The molecule has 100 valence electrons. The molecule has 5 nitrogen and oxygen atoms in total. The van der Waals surface area contributed by atoms with E-state index in [2.05, 4.69) is 10.6 Å². The third-order valence-corrected chi connectivity index (χ3v) is 4.99. The van der Waals surface area contributed by atoms with Gasteiger partial charge >= 0.3 is 12.0 Å². The molecule has 0 atom stereocenters. The zero-order valence-corrected chi connectivity index (χ0v) is 10.5. The first-order valence-corrected chi connectivity index (χ1v) is 6.86. The molecule has 2 bridgehead atoms. The number of amides is 2. The van der Waals surface area contributed by atoms with Crippen molar-refractivity contribution in [1.82, 2.24) is 10.6 Å². The fraction of sp³-hybridized carbons (Fsp3) is 0.846. The third-order valence-electron chi connectivity index (χ3n) is 4.99. The Balaban J connectivity index is 1.61. The summed E-state index contributed by atoms with van der Waals surface area (Å²) in [6.45, 7) is 0. The van der Waals surface area contributed by atoms with E-state index in [4.69, 9.17) is 0 Å². The van der Waals surface area contributed by atoms with Gasteiger partial charge in [-0.05, 0) is 51.4 Å². The number of hydrogen-bond acceptors (Lipinski definition) is 2. The summed E-state index contributed by atoms with van der Waals surface area (Å²) < 4.78 is 0. The zero-order chi connectivity index (χ0) is 12.8. The van der Waals surface area contributed by atoms with Gasteiger partial charge in [0.1, 0.15) is 0 Å². The monoisotopic (exact) mass is 252 g/mol. The molecule has 0 aromatic heterocycles. The summed E-state index contributed by atoms with van der Waals surface area (Å²) in [6, 6.07) is 0.300. The van der Waals surface area contributed by atoms with E-state index in [1.807, 2.05) is 0 Å². The molecule has 4 fully saturated rings. The van der Waals surface area contributed by atoms with Gasteiger partial charge in [-0.1, -0.05) is 0 Å². The summed E-state index contributed by atoms with van der Waals surface area (Å²) in [6.07, 6.45) is 6.68. The van der Waals surface area contributed by atoms with E-state index < -0.39 is 11.4 Å². The fourth-order valence-electron chi connectivity index (χ4n) is 3.38. The fourth-order valence-corrected chi connectivity index (χ4v) is 3.38. The van der Waals surface area contributed by atoms with Crippen LogP contribution in [-0.4, -0.2) is 28.7 Å². The van der Waals surface area contributed by atoms with Gasteiger partial charge in [-0.3, -0.25) is 4.79 Å². The maximum absolute atomic E-state index is 11.8. The summed E-state index contributed by atoms with van der Waals surface area (Å²) >= 11 is 0. The van der Waals surface area contributed by atoms with Gasteiger partial charge in [-0.25, -0.2) is 4.79 Å². The minimum absolute atomic E-state index is 0.0674. The Labute approximate surface area is 106 Å². The largest absolute Gasteiger partial charge is 0.481 e. The molecule has 4 saturated carbocycles. The van der Waals surface area contributed by atoms with Crippen LogP contribution in [0.5, 0.6) is 0 Å². The van der Waals surface area contributed by atoms with Crippen molar-refractivity contribution in [3.8, 4) is 0 Å². The van der Waals surface area contributed by atoms with Crippen LogP contribution in [0.2, 0.25) is 0 Å². The predicted molar refractivity (Wildman–Crippen MR) is 65.2 cm³/mol. The molecule has 18 heavy (non-hydrogen) atoms. The third kappa shape index (κ3) is 1.95. The highest BCUT2D eigenvalue weighted by molar-refractivity contribution is 5.77. The lowest BCUT2D eigenvalue weighted by molar-refractivity contribution is -0.156. The quantitative estimate of drug-likeness (QED) is 0.714. The van der Waals surface area contributed by atoms with Crippen molar-refractivity contribution in [1.29, 1.82) is 0 Å². The van der Waals surface area contributed by atoms with Gasteiger partial charge in [0.2, 0.25) is 0 Å². The Bertz CT molecular complexity index is 365. The van der Waals surface area contributed by atoms with Crippen molar-refractivity contribution in [2.24, 2.45) is 5.41 Å². The summed E-state index contributed by atoms with van der Waals surface area (Å²) in [5.74, 6) is -0.654. The predicted octanol–water partition coefficient (Wildman–Crippen LogP) is 1.63. The number of aliphatic carboxylic acids is 1. The molecule has 4 aliphatic rings. The van der Waals surface area contributed by atoms with Crippen LogP contribution in [0.25, 0.3) is 0 Å². The average Bonchev–Trinajstić information content (AvgIpc) is 3.14. The molecule has 5 heteroatoms. The van der Waals surface area contributed by atoms with E-state index in [0.717, 1.165) is 32.1 Å². The molecule has 0 aromatic rings. The number of fused-ring (bicyclic) bond motifs is 3. The van der Waals surface area contributed by atoms with Crippen molar-refractivity contribution in [3.63, 3.8) is 0 Å². The first kappa shape index (κ1) is 11.8. The molecule has 2 amide bonds. The number of urea groups is 1. The summed E-state index contributed by atoms with van der Waals surface area (Å²) in [4.78, 5) is 23.1. The molecule has 0 spiro atoms. The molecule has 3 N–H and O–H groups in total. The summed E-state index contributed by atoms with van der Waals surface area (Å²) in [5, 5.41) is 15.4. The second-order valence-corrected chi connectivity index (χ2v) is 6.24. The smallest absolute Gasteiger partial charge is 0.315 e. The van der Waals surface area contributed by atoms with Gasteiger partial charge in [-0.15, -0.1) is 0 Å². The number of carbonyl (C=O) groups is 2. The van der Waals surface area contributed by atoms with Crippen LogP contribution in [0, 0.1) is 5.41 Å². The minimum atomic E-state index is -0.654. The van der Waals surface area contributed by atoms with Crippen molar-refractivity contribution in [3.05, 3.63) is 0 Å². The first-order valence-electron chi connectivity index (χ1n) is 6.86. The van der Waals surface area contributed by atoms with E-state index in [1.165, 1.54) is 0 Å². The highest BCUT2D eigenvalue weighted by Gasteiger charge is 2.53. The van der Waals surface area contributed by atoms with Crippen LogP contribution >= 0.6 is 0 Å². The topological polar surface area (TPSA) is 78.4 Å². The van der Waals surface area contributed by atoms with Gasteiger partial charge in [0.15, 0.2) is 0 Å². The van der Waals surface area contributed by atoms with Gasteiger partial charge in [0.25, 0.3) is 0 Å². The molecule has 0 saturated heterocycles. The number of carbonyl (C=O) groups excluding carboxylic acids is 1. The molecule has 0 aromatic carbocycles. The van der Waals surface area contributed by atoms with Gasteiger partial charge < -0.3 is 15.7 Å². The van der Waals surface area contributed by atoms with E-state index >= 15 is 0 Å². The van der Waals surface area contributed by atoms with Crippen LogP contribution in [0.3, 0.4) is 0 Å².